The Labute approximate surface area is 120 Å². The number of carbonyl (C=O) groups is 1. The summed E-state index contributed by atoms with van der Waals surface area (Å²) in [6, 6.07) is 0. The van der Waals surface area contributed by atoms with Gasteiger partial charge in [-0.3, -0.25) is 4.79 Å². The topological polar surface area (TPSA) is 47.4 Å². The van der Waals surface area contributed by atoms with Gasteiger partial charge in [-0.15, -0.1) is 0 Å². The maximum atomic E-state index is 12.1. The van der Waals surface area contributed by atoms with E-state index in [2.05, 4.69) is 16.5 Å². The van der Waals surface area contributed by atoms with Crippen LogP contribution >= 0.6 is 0 Å². The average molecular weight is 279 g/mol. The predicted octanol–water partition coefficient (Wildman–Crippen LogP) is 1.86. The molecule has 1 atom stereocenters. The van der Waals surface area contributed by atoms with Crippen molar-refractivity contribution in [1.82, 2.24) is 14.5 Å². The Kier molecular flexibility index (Phi) is 5.59. The second-order valence-electron chi connectivity index (χ2n) is 5.40. The Balaban J connectivity index is 1.76. The van der Waals surface area contributed by atoms with E-state index in [-0.39, 0.29) is 12.0 Å². The maximum Gasteiger partial charge on any atom is 0.224 e. The van der Waals surface area contributed by atoms with Crippen molar-refractivity contribution in [3.63, 3.8) is 0 Å². The number of aryl methyl sites for hydroxylation is 2. The fourth-order valence-corrected chi connectivity index (χ4v) is 2.62. The van der Waals surface area contributed by atoms with Crippen LogP contribution in [0.1, 0.15) is 38.4 Å². The molecule has 0 radical (unpaired) electrons. The molecule has 1 aliphatic rings. The van der Waals surface area contributed by atoms with Gasteiger partial charge < -0.3 is 14.2 Å². The molecule has 1 aliphatic heterocycles. The molecule has 1 fully saturated rings. The first kappa shape index (κ1) is 15.0. The number of amides is 1. The largest absolute Gasteiger partial charge is 0.376 e. The summed E-state index contributed by atoms with van der Waals surface area (Å²) in [7, 11) is 1.87. The van der Waals surface area contributed by atoms with Gasteiger partial charge in [-0.25, -0.2) is 4.98 Å². The van der Waals surface area contributed by atoms with Crippen molar-refractivity contribution in [2.45, 2.75) is 51.7 Å². The quantitative estimate of drug-likeness (QED) is 0.798. The van der Waals surface area contributed by atoms with Crippen molar-refractivity contribution in [3.05, 3.63) is 18.2 Å². The first-order valence-corrected chi connectivity index (χ1v) is 7.56. The number of ether oxygens (including phenoxy) is 1. The molecule has 0 spiro atoms. The molecule has 1 unspecified atom stereocenters. The molecule has 1 saturated heterocycles. The van der Waals surface area contributed by atoms with Gasteiger partial charge in [-0.1, -0.05) is 6.92 Å². The minimum Gasteiger partial charge on any atom is -0.376 e. The minimum absolute atomic E-state index is 0.176. The van der Waals surface area contributed by atoms with Gasteiger partial charge in [-0.2, -0.15) is 0 Å². The predicted molar refractivity (Wildman–Crippen MR) is 77.5 cm³/mol. The van der Waals surface area contributed by atoms with Crippen molar-refractivity contribution in [2.75, 3.05) is 20.2 Å². The number of imidazole rings is 1. The first-order valence-electron chi connectivity index (χ1n) is 7.56. The molecule has 0 saturated carbocycles. The van der Waals surface area contributed by atoms with Crippen LogP contribution in [0.15, 0.2) is 12.4 Å². The lowest BCUT2D eigenvalue weighted by molar-refractivity contribution is -0.132. The van der Waals surface area contributed by atoms with E-state index in [1.807, 2.05) is 13.2 Å². The van der Waals surface area contributed by atoms with Crippen molar-refractivity contribution in [3.8, 4) is 0 Å². The lowest BCUT2D eigenvalue weighted by Crippen LogP contribution is -2.37. The number of hydrogen-bond acceptors (Lipinski definition) is 3. The van der Waals surface area contributed by atoms with Crippen LogP contribution in [0.5, 0.6) is 0 Å². The van der Waals surface area contributed by atoms with E-state index in [1.165, 1.54) is 6.42 Å². The molecule has 5 nitrogen and oxygen atoms in total. The number of carbonyl (C=O) groups excluding carboxylic acids is 1. The maximum absolute atomic E-state index is 12.1. The Hall–Kier alpha value is -1.36. The van der Waals surface area contributed by atoms with E-state index < -0.39 is 0 Å². The zero-order valence-electron chi connectivity index (χ0n) is 12.5. The van der Waals surface area contributed by atoms with Crippen molar-refractivity contribution >= 4 is 5.91 Å². The standard InChI is InChI=1S/C15H25N3O2/c1-3-14-16-8-10-18(14)9-7-15(19)17(2)12-13-6-4-5-11-20-13/h8,10,13H,3-7,9,11-12H2,1-2H3. The van der Waals surface area contributed by atoms with Crippen LogP contribution in [0.4, 0.5) is 0 Å². The SMILES string of the molecule is CCc1nccn1CCC(=O)N(C)CC1CCCCO1. The van der Waals surface area contributed by atoms with Crippen molar-refractivity contribution in [1.29, 1.82) is 0 Å². The molecule has 2 rings (SSSR count). The molecule has 1 aromatic heterocycles. The smallest absolute Gasteiger partial charge is 0.224 e. The van der Waals surface area contributed by atoms with Gasteiger partial charge in [-0.05, 0) is 19.3 Å². The molecule has 2 heterocycles. The number of aromatic nitrogens is 2. The van der Waals surface area contributed by atoms with Gasteiger partial charge >= 0.3 is 0 Å². The number of nitrogens with zero attached hydrogens (tertiary/aromatic N) is 3. The summed E-state index contributed by atoms with van der Waals surface area (Å²) >= 11 is 0. The highest BCUT2D eigenvalue weighted by Crippen LogP contribution is 2.13. The van der Waals surface area contributed by atoms with E-state index in [9.17, 15) is 4.79 Å². The molecule has 0 bridgehead atoms. The van der Waals surface area contributed by atoms with Crippen LogP contribution in [-0.4, -0.2) is 46.7 Å². The van der Waals surface area contributed by atoms with Gasteiger partial charge in [0.1, 0.15) is 5.82 Å². The van der Waals surface area contributed by atoms with E-state index in [4.69, 9.17) is 4.74 Å². The number of hydrogen-bond donors (Lipinski definition) is 0. The highest BCUT2D eigenvalue weighted by molar-refractivity contribution is 5.75. The average Bonchev–Trinajstić information content (AvgIpc) is 2.93. The summed E-state index contributed by atoms with van der Waals surface area (Å²) < 4.78 is 7.73. The molecule has 1 aromatic rings. The minimum atomic E-state index is 0.176. The summed E-state index contributed by atoms with van der Waals surface area (Å²) in [4.78, 5) is 18.2. The monoisotopic (exact) mass is 279 g/mol. The third-order valence-corrected chi connectivity index (χ3v) is 3.86. The Bertz CT molecular complexity index is 425. The highest BCUT2D eigenvalue weighted by atomic mass is 16.5. The van der Waals surface area contributed by atoms with Crippen LogP contribution in [-0.2, 0) is 22.5 Å². The van der Waals surface area contributed by atoms with Crippen molar-refractivity contribution in [2.24, 2.45) is 0 Å². The Morgan fingerprint density at radius 2 is 2.40 bits per heavy atom. The van der Waals surface area contributed by atoms with Crippen molar-refractivity contribution < 1.29 is 9.53 Å². The molecule has 5 heteroatoms. The summed E-state index contributed by atoms with van der Waals surface area (Å²) in [6.45, 7) is 4.33. The first-order chi connectivity index (χ1) is 9.70. The van der Waals surface area contributed by atoms with Gasteiger partial charge in [0.15, 0.2) is 0 Å². The zero-order chi connectivity index (χ0) is 14.4. The molecule has 1 amide bonds. The van der Waals surface area contributed by atoms with Gasteiger partial charge in [0.2, 0.25) is 5.91 Å². The Morgan fingerprint density at radius 1 is 1.55 bits per heavy atom. The van der Waals surface area contributed by atoms with Gasteiger partial charge in [0, 0.05) is 52.0 Å². The molecule has 20 heavy (non-hydrogen) atoms. The van der Waals surface area contributed by atoms with Crippen LogP contribution in [0.2, 0.25) is 0 Å². The third-order valence-electron chi connectivity index (χ3n) is 3.86. The summed E-state index contributed by atoms with van der Waals surface area (Å²) in [5.74, 6) is 1.21. The molecular weight excluding hydrogens is 254 g/mol. The lowest BCUT2D eigenvalue weighted by atomic mass is 10.1. The van der Waals surface area contributed by atoms with Crippen LogP contribution in [0, 0.1) is 0 Å². The fourth-order valence-electron chi connectivity index (χ4n) is 2.62. The lowest BCUT2D eigenvalue weighted by Gasteiger charge is -2.27. The highest BCUT2D eigenvalue weighted by Gasteiger charge is 2.18. The molecule has 0 aliphatic carbocycles. The summed E-state index contributed by atoms with van der Waals surface area (Å²) in [5.41, 5.74) is 0. The van der Waals surface area contributed by atoms with Crippen LogP contribution < -0.4 is 0 Å². The zero-order valence-corrected chi connectivity index (χ0v) is 12.5. The van der Waals surface area contributed by atoms with Gasteiger partial charge in [0.25, 0.3) is 0 Å². The third kappa shape index (κ3) is 4.07. The second kappa shape index (κ2) is 7.43. The number of rotatable bonds is 6. The number of likely N-dealkylation sites (N-methyl/N-ethyl adjacent to an activating group) is 1. The van der Waals surface area contributed by atoms with E-state index >= 15 is 0 Å². The van der Waals surface area contributed by atoms with Gasteiger partial charge in [0.05, 0.1) is 6.10 Å². The normalized spacial score (nSPS) is 19.0. The second-order valence-corrected chi connectivity index (χ2v) is 5.40. The van der Waals surface area contributed by atoms with E-state index in [0.717, 1.165) is 31.7 Å². The fraction of sp³-hybridized carbons (Fsp3) is 0.733. The molecular formula is C15H25N3O2. The van der Waals surface area contributed by atoms with E-state index in [1.54, 1.807) is 11.1 Å². The Morgan fingerprint density at radius 3 is 3.10 bits per heavy atom. The molecule has 0 N–H and O–H groups in total. The van der Waals surface area contributed by atoms with Crippen LogP contribution in [0.3, 0.4) is 0 Å². The van der Waals surface area contributed by atoms with E-state index in [0.29, 0.717) is 19.5 Å². The molecule has 0 aromatic carbocycles. The molecule has 112 valence electrons. The van der Waals surface area contributed by atoms with Crippen LogP contribution in [0.25, 0.3) is 0 Å². The summed E-state index contributed by atoms with van der Waals surface area (Å²) in [6.07, 6.45) is 8.80. The summed E-state index contributed by atoms with van der Waals surface area (Å²) in [5, 5.41) is 0.